The van der Waals surface area contributed by atoms with Crippen LogP contribution in [0.15, 0.2) is 104 Å². The van der Waals surface area contributed by atoms with Crippen molar-refractivity contribution in [1.29, 1.82) is 0 Å². The van der Waals surface area contributed by atoms with Gasteiger partial charge in [-0.2, -0.15) is 8.42 Å². The number of aromatic nitrogens is 1. The van der Waals surface area contributed by atoms with Crippen LogP contribution in [0.3, 0.4) is 0 Å². The summed E-state index contributed by atoms with van der Waals surface area (Å²) in [5, 5.41) is 0. The molecule has 13 heteroatoms. The minimum Gasteiger partial charge on any atom is -0.748 e. The van der Waals surface area contributed by atoms with Gasteiger partial charge in [-0.1, -0.05) is 98.3 Å². The van der Waals surface area contributed by atoms with Crippen LogP contribution < -0.4 is 29.6 Å². The fourth-order valence-electron chi connectivity index (χ4n) is 2.25. The number of Topliss-reactive ketones (excluding diaryl/α,β-unsaturated/α-hetero) is 2. The molecule has 1 saturated heterocycles. The van der Waals surface area contributed by atoms with E-state index in [1.165, 1.54) is 63.9 Å². The van der Waals surface area contributed by atoms with E-state index in [4.69, 9.17) is 17.5 Å². The zero-order chi connectivity index (χ0) is 37.9. The molecule has 0 aliphatic carbocycles. The van der Waals surface area contributed by atoms with Crippen molar-refractivity contribution >= 4 is 31.8 Å². The molecule has 0 amide bonds. The minimum absolute atomic E-state index is 0. The Kier molecular flexibility index (Phi) is 46.4. The predicted octanol–water partition coefficient (Wildman–Crippen LogP) is 4.18. The van der Waals surface area contributed by atoms with Crippen LogP contribution in [0.4, 0.5) is 0 Å². The molecule has 3 aromatic rings. The van der Waals surface area contributed by atoms with Crippen molar-refractivity contribution < 1.29 is 65.1 Å². The molecule has 4 rings (SSSR count). The van der Waals surface area contributed by atoms with Gasteiger partial charge in [0.2, 0.25) is 0 Å². The van der Waals surface area contributed by atoms with E-state index in [0.29, 0.717) is 12.5 Å². The number of likely N-dealkylation sites (tertiary alicyclic amines) is 1. The summed E-state index contributed by atoms with van der Waals surface area (Å²) >= 11 is 0. The summed E-state index contributed by atoms with van der Waals surface area (Å²) in [6.45, 7) is 19.3. The van der Waals surface area contributed by atoms with Gasteiger partial charge in [-0.15, -0.1) is 0 Å². The van der Waals surface area contributed by atoms with E-state index in [1.807, 2.05) is 68.4 Å². The van der Waals surface area contributed by atoms with Crippen molar-refractivity contribution in [3.63, 3.8) is 0 Å². The molecule has 0 saturated carbocycles. The second-order valence-corrected chi connectivity index (χ2v) is 12.6. The van der Waals surface area contributed by atoms with Crippen LogP contribution in [-0.4, -0.2) is 73.5 Å². The Morgan fingerprint density at radius 2 is 1.00 bits per heavy atom. The van der Waals surface area contributed by atoms with E-state index < -0.39 is 20.2 Å². The van der Waals surface area contributed by atoms with Gasteiger partial charge in [0, 0.05) is 37.9 Å². The summed E-state index contributed by atoms with van der Waals surface area (Å²) < 4.78 is 53.1. The second-order valence-electron chi connectivity index (χ2n) is 9.68. The molecule has 0 atom stereocenters. The molecule has 1 aliphatic rings. The summed E-state index contributed by atoms with van der Waals surface area (Å²) in [4.78, 5) is 24.9. The Hall–Kier alpha value is -2.71. The van der Waals surface area contributed by atoms with Gasteiger partial charge < -0.3 is 19.0 Å². The van der Waals surface area contributed by atoms with E-state index in [2.05, 4.69) is 61.6 Å². The molecular weight excluding hydrogens is 664 g/mol. The summed E-state index contributed by atoms with van der Waals surface area (Å²) in [7, 11) is -5.49. The van der Waals surface area contributed by atoms with Crippen LogP contribution in [0.25, 0.3) is 0 Å². The molecule has 1 aliphatic heterocycles. The average Bonchev–Trinajstić information content (AvgIpc) is 3.32. The van der Waals surface area contributed by atoms with E-state index >= 15 is 0 Å². The Bertz CT molecular complexity index is 1230. The second kappa shape index (κ2) is 38.7. The largest absolute Gasteiger partial charge is 1.00 e. The van der Waals surface area contributed by atoms with Crippen LogP contribution in [0.1, 0.15) is 65.5 Å². The molecule has 0 unspecified atom stereocenters. The Morgan fingerprint density at radius 1 is 0.750 bits per heavy atom. The topological polar surface area (TPSA) is 162 Å². The molecular formula is C35H57N2NaO8S2. The fourth-order valence-corrected chi connectivity index (χ4v) is 2.25. The van der Waals surface area contributed by atoms with Crippen LogP contribution in [0, 0.1) is 13.8 Å². The molecule has 10 nitrogen and oxygen atoms in total. The number of ketones is 2. The molecule has 2 aromatic carbocycles. The Balaban J connectivity index is -0.000000105. The standard InChI is InChI=1S/2C7H8.C6H11N.C5H5N.2C3H6O.C2H6.2CH4O3S.Na/c2*1-7-5-3-2-4-6-7;1-6-4-3-5-7(6)2;1-2-4-6-5-3-1;2*1-3(2)4;1-2;2*1-5(2,3)4;/h2*2-6H,1H3;1,3-5H2,2H3;1-5H;2*1-2H3;1-2H3;2*1H3,(H,2,3,4);/q;;;;;;;;;+1/p-1. The Labute approximate surface area is 313 Å². The van der Waals surface area contributed by atoms with E-state index in [1.54, 1.807) is 12.4 Å². The van der Waals surface area contributed by atoms with Gasteiger partial charge in [-0.3, -0.25) is 9.54 Å². The average molecular weight is 721 g/mol. The number of hydrogen-bond acceptors (Lipinski definition) is 9. The number of hydrogen-bond donors (Lipinski definition) is 1. The molecule has 1 N–H and O–H groups in total. The number of benzene rings is 2. The van der Waals surface area contributed by atoms with Crippen molar-refractivity contribution in [3.05, 3.63) is 115 Å². The maximum absolute atomic E-state index is 9.44. The van der Waals surface area contributed by atoms with Gasteiger partial charge in [0.15, 0.2) is 0 Å². The molecule has 268 valence electrons. The Morgan fingerprint density at radius 3 is 1.08 bits per heavy atom. The number of carbonyl (C=O) groups excluding carboxylic acids is 2. The van der Waals surface area contributed by atoms with Gasteiger partial charge >= 0.3 is 29.6 Å². The monoisotopic (exact) mass is 720 g/mol. The zero-order valence-corrected chi connectivity index (χ0v) is 34.6. The SMILES string of the molecule is C=C1CCCN1C.CC.CC(C)=O.CC(C)=O.CS(=O)(=O)O.CS(=O)(=O)[O-].Cc1ccccc1.Cc1ccccc1.[Na+].c1ccncc1. The van der Waals surface area contributed by atoms with Crippen LogP contribution in [0.5, 0.6) is 0 Å². The number of nitrogens with zero attached hydrogens (tertiary/aromatic N) is 2. The van der Waals surface area contributed by atoms with Crippen molar-refractivity contribution in [2.75, 3.05) is 26.1 Å². The normalized spacial score (nSPS) is 10.3. The van der Waals surface area contributed by atoms with Crippen molar-refractivity contribution in [3.8, 4) is 0 Å². The predicted molar refractivity (Wildman–Crippen MR) is 195 cm³/mol. The first-order chi connectivity index (χ1) is 21.6. The van der Waals surface area contributed by atoms with Crippen molar-refractivity contribution in [2.24, 2.45) is 0 Å². The molecule has 1 aromatic heterocycles. The van der Waals surface area contributed by atoms with Crippen molar-refractivity contribution in [1.82, 2.24) is 9.88 Å². The smallest absolute Gasteiger partial charge is 0.748 e. The summed E-state index contributed by atoms with van der Waals surface area (Å²) in [6.07, 6.45) is 7.33. The van der Waals surface area contributed by atoms with E-state index in [0.717, 1.165) is 0 Å². The first-order valence-electron chi connectivity index (χ1n) is 14.6. The molecule has 0 bridgehead atoms. The third-order valence-electron chi connectivity index (χ3n) is 3.95. The third kappa shape index (κ3) is 90.2. The number of pyridine rings is 1. The first kappa shape index (κ1) is 57.6. The number of aryl methyl sites for hydroxylation is 2. The number of rotatable bonds is 0. The molecule has 1 fully saturated rings. The van der Waals surface area contributed by atoms with Crippen LogP contribution in [0.2, 0.25) is 0 Å². The number of allylic oxidation sites excluding steroid dienone is 1. The van der Waals surface area contributed by atoms with Gasteiger partial charge in [0.25, 0.3) is 10.1 Å². The minimum atomic E-state index is -3.92. The molecule has 2 heterocycles. The van der Waals surface area contributed by atoms with Crippen LogP contribution in [-0.2, 0) is 29.8 Å². The fraction of sp³-hybridized carbons (Fsp3) is 0.400. The first-order valence-corrected chi connectivity index (χ1v) is 18.3. The van der Waals surface area contributed by atoms with Gasteiger partial charge in [-0.05, 0) is 66.5 Å². The maximum Gasteiger partial charge on any atom is 1.00 e. The van der Waals surface area contributed by atoms with E-state index in [9.17, 15) is 18.0 Å². The zero-order valence-electron chi connectivity index (χ0n) is 31.0. The van der Waals surface area contributed by atoms with Crippen molar-refractivity contribution in [2.45, 2.75) is 68.2 Å². The third-order valence-corrected chi connectivity index (χ3v) is 3.95. The molecule has 48 heavy (non-hydrogen) atoms. The summed E-state index contributed by atoms with van der Waals surface area (Å²) in [6, 6.07) is 26.2. The molecule has 0 radical (unpaired) electrons. The summed E-state index contributed by atoms with van der Waals surface area (Å²) in [5.74, 6) is 0.333. The van der Waals surface area contributed by atoms with Crippen LogP contribution >= 0.6 is 0 Å². The van der Waals surface area contributed by atoms with Gasteiger partial charge in [0.05, 0.1) is 16.4 Å². The van der Waals surface area contributed by atoms with Gasteiger partial charge in [0.1, 0.15) is 11.6 Å². The number of carbonyl (C=O) groups is 2. The van der Waals surface area contributed by atoms with E-state index in [-0.39, 0.29) is 41.1 Å². The van der Waals surface area contributed by atoms with Gasteiger partial charge in [-0.25, -0.2) is 8.42 Å². The quantitative estimate of drug-likeness (QED) is 0.264. The molecule has 0 spiro atoms. The summed E-state index contributed by atoms with van der Waals surface area (Å²) in [5.41, 5.74) is 3.94. The maximum atomic E-state index is 9.44.